The number of carbonyl (C=O) groups excluding carboxylic acids is 1. The van der Waals surface area contributed by atoms with Crippen LogP contribution in [0.4, 0.5) is 0 Å². The molecule has 0 saturated carbocycles. The highest BCUT2D eigenvalue weighted by Crippen LogP contribution is 2.24. The number of nitrogens with one attached hydrogen (secondary N) is 1. The summed E-state index contributed by atoms with van der Waals surface area (Å²) in [5.41, 5.74) is 2.04. The van der Waals surface area contributed by atoms with Gasteiger partial charge in [-0.1, -0.05) is 35.9 Å². The van der Waals surface area contributed by atoms with Gasteiger partial charge in [0.1, 0.15) is 11.6 Å². The summed E-state index contributed by atoms with van der Waals surface area (Å²) in [5.74, 6) is 1.23. The monoisotopic (exact) mass is 369 g/mol. The van der Waals surface area contributed by atoms with Gasteiger partial charge in [-0.15, -0.1) is 0 Å². The maximum atomic E-state index is 12.2. The van der Waals surface area contributed by atoms with Gasteiger partial charge in [0.05, 0.1) is 5.02 Å². The zero-order valence-corrected chi connectivity index (χ0v) is 15.4. The zero-order chi connectivity index (χ0) is 18.5. The number of nitrogens with zero attached hydrogens (tertiary/aromatic N) is 2. The molecule has 5 nitrogen and oxygen atoms in total. The summed E-state index contributed by atoms with van der Waals surface area (Å²) >= 11 is 6.05. The number of benzene rings is 2. The molecule has 0 bridgehead atoms. The van der Waals surface area contributed by atoms with Gasteiger partial charge in [0.25, 0.3) is 5.91 Å². The van der Waals surface area contributed by atoms with Gasteiger partial charge >= 0.3 is 0 Å². The lowest BCUT2D eigenvalue weighted by molar-refractivity contribution is -0.127. The highest BCUT2D eigenvalue weighted by atomic mass is 35.5. The van der Waals surface area contributed by atoms with Crippen LogP contribution in [0.15, 0.2) is 60.9 Å². The highest BCUT2D eigenvalue weighted by Gasteiger charge is 2.15. The second-order valence-corrected chi connectivity index (χ2v) is 6.33. The second kappa shape index (κ2) is 8.06. The van der Waals surface area contributed by atoms with Gasteiger partial charge in [-0.25, -0.2) is 4.98 Å². The molecule has 1 atom stereocenters. The van der Waals surface area contributed by atoms with Crippen molar-refractivity contribution >= 4 is 17.5 Å². The number of ether oxygens (including phenoxy) is 1. The summed E-state index contributed by atoms with van der Waals surface area (Å²) in [5, 5.41) is 3.36. The maximum absolute atomic E-state index is 12.2. The molecule has 3 rings (SSSR count). The molecule has 0 aliphatic carbocycles. The molecule has 0 spiro atoms. The van der Waals surface area contributed by atoms with Crippen molar-refractivity contribution in [2.45, 2.75) is 26.5 Å². The van der Waals surface area contributed by atoms with E-state index in [0.717, 1.165) is 17.1 Å². The Morgan fingerprint density at radius 3 is 2.62 bits per heavy atom. The van der Waals surface area contributed by atoms with Crippen LogP contribution in [0.2, 0.25) is 5.02 Å². The molecular formula is C20H20ClN3O2. The predicted molar refractivity (Wildman–Crippen MR) is 102 cm³/mol. The summed E-state index contributed by atoms with van der Waals surface area (Å²) in [4.78, 5) is 16.5. The number of para-hydroxylation sites is 1. The Morgan fingerprint density at radius 2 is 1.96 bits per heavy atom. The Kier molecular flexibility index (Phi) is 5.58. The van der Waals surface area contributed by atoms with Gasteiger partial charge in [0.2, 0.25) is 0 Å². The second-order valence-electron chi connectivity index (χ2n) is 5.92. The molecule has 6 heteroatoms. The molecule has 0 unspecified atom stereocenters. The largest absolute Gasteiger partial charge is 0.479 e. The van der Waals surface area contributed by atoms with Crippen LogP contribution in [-0.2, 0) is 11.3 Å². The zero-order valence-electron chi connectivity index (χ0n) is 14.6. The van der Waals surface area contributed by atoms with E-state index in [9.17, 15) is 4.79 Å². The van der Waals surface area contributed by atoms with Crippen LogP contribution in [0.3, 0.4) is 0 Å². The molecule has 0 fully saturated rings. The van der Waals surface area contributed by atoms with Crippen molar-refractivity contribution in [2.75, 3.05) is 0 Å². The molecule has 1 N–H and O–H groups in total. The van der Waals surface area contributed by atoms with Crippen molar-refractivity contribution in [2.24, 2.45) is 0 Å². The van der Waals surface area contributed by atoms with Crippen LogP contribution >= 0.6 is 11.6 Å². The molecule has 26 heavy (non-hydrogen) atoms. The molecule has 0 saturated heterocycles. The topological polar surface area (TPSA) is 56.2 Å². The van der Waals surface area contributed by atoms with Crippen molar-refractivity contribution in [1.29, 1.82) is 0 Å². The Balaban J connectivity index is 1.56. The van der Waals surface area contributed by atoms with Gasteiger partial charge in [-0.05, 0) is 43.7 Å². The molecule has 0 aliphatic rings. The molecule has 1 amide bonds. The van der Waals surface area contributed by atoms with Gasteiger partial charge in [-0.2, -0.15) is 0 Å². The summed E-state index contributed by atoms with van der Waals surface area (Å²) in [6.07, 6.45) is 3.05. The SMILES string of the molecule is Cc1nccn1-c1ccc(CNC(=O)[C@H](C)Oc2ccccc2Cl)cc1. The Labute approximate surface area is 157 Å². The van der Waals surface area contributed by atoms with Crippen LogP contribution in [0.1, 0.15) is 18.3 Å². The Hall–Kier alpha value is -2.79. The number of imidazole rings is 1. The number of hydrogen-bond donors (Lipinski definition) is 1. The van der Waals surface area contributed by atoms with Crippen LogP contribution in [-0.4, -0.2) is 21.6 Å². The Bertz CT molecular complexity index is 890. The molecule has 3 aromatic rings. The van der Waals surface area contributed by atoms with E-state index < -0.39 is 6.10 Å². The van der Waals surface area contributed by atoms with Gasteiger partial charge < -0.3 is 14.6 Å². The standard InChI is InChI=1S/C20H20ClN3O2/c1-14(26-19-6-4-3-5-18(19)21)20(25)23-13-16-7-9-17(10-8-16)24-12-11-22-15(24)2/h3-12,14H,13H2,1-2H3,(H,23,25)/t14-/m0/s1. The molecule has 0 radical (unpaired) electrons. The van der Waals surface area contributed by atoms with Crippen LogP contribution in [0.5, 0.6) is 5.75 Å². The first-order chi connectivity index (χ1) is 12.5. The van der Waals surface area contributed by atoms with Gasteiger partial charge in [0.15, 0.2) is 6.10 Å². The van der Waals surface area contributed by atoms with Crippen molar-refractivity contribution < 1.29 is 9.53 Å². The molecule has 0 aliphatic heterocycles. The van der Waals surface area contributed by atoms with E-state index in [2.05, 4.69) is 10.3 Å². The van der Waals surface area contributed by atoms with Gasteiger partial charge in [0, 0.05) is 24.6 Å². The van der Waals surface area contributed by atoms with E-state index >= 15 is 0 Å². The number of carbonyl (C=O) groups is 1. The van der Waals surface area contributed by atoms with Gasteiger partial charge in [-0.3, -0.25) is 4.79 Å². The van der Waals surface area contributed by atoms with E-state index in [4.69, 9.17) is 16.3 Å². The number of aryl methyl sites for hydroxylation is 1. The smallest absolute Gasteiger partial charge is 0.261 e. The molecule has 2 aromatic carbocycles. The lowest BCUT2D eigenvalue weighted by atomic mass is 10.2. The third-order valence-corrected chi connectivity index (χ3v) is 4.33. The minimum absolute atomic E-state index is 0.195. The normalized spacial score (nSPS) is 11.8. The third kappa shape index (κ3) is 4.24. The average molecular weight is 370 g/mol. The number of rotatable bonds is 6. The number of amides is 1. The fourth-order valence-corrected chi connectivity index (χ4v) is 2.72. The number of halogens is 1. The van der Waals surface area contributed by atoms with E-state index in [0.29, 0.717) is 17.3 Å². The lowest BCUT2D eigenvalue weighted by Gasteiger charge is -2.15. The average Bonchev–Trinajstić information content (AvgIpc) is 3.08. The molecule has 134 valence electrons. The first kappa shape index (κ1) is 18.0. The summed E-state index contributed by atoms with van der Waals surface area (Å²) in [7, 11) is 0. The summed E-state index contributed by atoms with van der Waals surface area (Å²) < 4.78 is 7.62. The van der Waals surface area contributed by atoms with E-state index in [-0.39, 0.29) is 5.91 Å². The maximum Gasteiger partial charge on any atom is 0.261 e. The van der Waals surface area contributed by atoms with E-state index in [1.165, 1.54) is 0 Å². The van der Waals surface area contributed by atoms with Crippen molar-refractivity contribution in [3.8, 4) is 11.4 Å². The lowest BCUT2D eigenvalue weighted by Crippen LogP contribution is -2.35. The predicted octanol–water partition coefficient (Wildman–Crippen LogP) is 3.92. The van der Waals surface area contributed by atoms with Crippen LogP contribution < -0.4 is 10.1 Å². The number of hydrogen-bond acceptors (Lipinski definition) is 3. The first-order valence-electron chi connectivity index (χ1n) is 8.33. The van der Waals surface area contributed by atoms with E-state index in [1.807, 2.05) is 54.1 Å². The summed E-state index contributed by atoms with van der Waals surface area (Å²) in [6, 6.07) is 15.1. The fraction of sp³-hybridized carbons (Fsp3) is 0.200. The molecule has 1 heterocycles. The first-order valence-corrected chi connectivity index (χ1v) is 8.70. The third-order valence-electron chi connectivity index (χ3n) is 4.02. The van der Waals surface area contributed by atoms with Crippen molar-refractivity contribution in [3.05, 3.63) is 77.3 Å². The highest BCUT2D eigenvalue weighted by molar-refractivity contribution is 6.32. The van der Waals surface area contributed by atoms with Crippen molar-refractivity contribution in [3.63, 3.8) is 0 Å². The van der Waals surface area contributed by atoms with Crippen molar-refractivity contribution in [1.82, 2.24) is 14.9 Å². The van der Waals surface area contributed by atoms with Crippen LogP contribution in [0.25, 0.3) is 5.69 Å². The minimum atomic E-state index is -0.636. The molecule has 1 aromatic heterocycles. The van der Waals surface area contributed by atoms with Crippen LogP contribution in [0, 0.1) is 6.92 Å². The summed E-state index contributed by atoms with van der Waals surface area (Å²) in [6.45, 7) is 4.08. The Morgan fingerprint density at radius 1 is 1.23 bits per heavy atom. The minimum Gasteiger partial charge on any atom is -0.479 e. The fourth-order valence-electron chi connectivity index (χ4n) is 2.54. The molecular weight excluding hydrogens is 350 g/mol. The van der Waals surface area contributed by atoms with E-state index in [1.54, 1.807) is 25.3 Å². The number of aromatic nitrogens is 2. The quantitative estimate of drug-likeness (QED) is 0.716.